The number of hydrogen-bond donors (Lipinski definition) is 0. The van der Waals surface area contributed by atoms with Crippen molar-refractivity contribution in [3.8, 4) is 0 Å². The number of carbonyl (C=O) groups excluding carboxylic acids is 4. The topological polar surface area (TPSA) is 80.8 Å². The van der Waals surface area contributed by atoms with Crippen LogP contribution in [0, 0.1) is 29.5 Å². The summed E-state index contributed by atoms with van der Waals surface area (Å²) in [5.74, 6) is -3.02. The molecule has 2 aliphatic carbocycles. The standard InChI is InChI=1S/C24H18FNO5/c25-16-9-7-13(8-10-16)19(27)12-31-24(30)17-3-1-2-4-18(17)26-22(28)20-14-5-6-15(11-14)21(20)23(26)29/h1-10,14-15,20-21H,11-12H2/t14-,15-,20+,21+/m1/s1. The minimum Gasteiger partial charge on any atom is -0.454 e. The number of fused-ring (bicyclic) bond motifs is 5. The summed E-state index contributed by atoms with van der Waals surface area (Å²) in [5.41, 5.74) is 0.421. The molecule has 0 unspecified atom stereocenters. The van der Waals surface area contributed by atoms with Gasteiger partial charge in [0.05, 0.1) is 23.1 Å². The maximum Gasteiger partial charge on any atom is 0.340 e. The van der Waals surface area contributed by atoms with E-state index in [0.29, 0.717) is 0 Å². The second kappa shape index (κ2) is 7.27. The molecule has 1 aliphatic heterocycles. The van der Waals surface area contributed by atoms with Gasteiger partial charge in [-0.3, -0.25) is 14.4 Å². The number of ether oxygens (including phenoxy) is 1. The first-order valence-electron chi connectivity index (χ1n) is 10.1. The number of hydrogen-bond acceptors (Lipinski definition) is 5. The molecule has 2 bridgehead atoms. The maximum atomic E-state index is 13.1. The number of carbonyl (C=O) groups is 4. The van der Waals surface area contributed by atoms with Crippen LogP contribution >= 0.6 is 0 Å². The molecule has 1 saturated heterocycles. The number of rotatable bonds is 5. The lowest BCUT2D eigenvalue weighted by Gasteiger charge is -2.19. The van der Waals surface area contributed by atoms with Crippen LogP contribution in [0.3, 0.4) is 0 Å². The Balaban J connectivity index is 1.35. The number of esters is 1. The highest BCUT2D eigenvalue weighted by Crippen LogP contribution is 2.53. The van der Waals surface area contributed by atoms with Crippen LogP contribution in [0.5, 0.6) is 0 Å². The molecular formula is C24H18FNO5. The predicted molar refractivity (Wildman–Crippen MR) is 108 cm³/mol. The first-order chi connectivity index (χ1) is 15.0. The molecule has 2 fully saturated rings. The number of allylic oxidation sites excluding steroid dienone is 2. The fraction of sp³-hybridized carbons (Fsp3) is 0.250. The molecule has 2 aromatic rings. The fourth-order valence-corrected chi connectivity index (χ4v) is 4.91. The van der Waals surface area contributed by atoms with Gasteiger partial charge in [-0.05, 0) is 54.7 Å². The van der Waals surface area contributed by atoms with Crippen LogP contribution < -0.4 is 4.90 Å². The Kier molecular flexibility index (Phi) is 4.54. The van der Waals surface area contributed by atoms with Gasteiger partial charge in [-0.2, -0.15) is 0 Å². The highest BCUT2D eigenvalue weighted by molar-refractivity contribution is 6.24. The minimum atomic E-state index is -0.815. The summed E-state index contributed by atoms with van der Waals surface area (Å²) in [6, 6.07) is 11.1. The van der Waals surface area contributed by atoms with E-state index >= 15 is 0 Å². The zero-order chi connectivity index (χ0) is 21.7. The molecule has 3 aliphatic rings. The molecule has 0 aromatic heterocycles. The van der Waals surface area contributed by atoms with E-state index in [1.807, 2.05) is 12.2 Å². The van der Waals surface area contributed by atoms with Crippen molar-refractivity contribution >= 4 is 29.3 Å². The second-order valence-corrected chi connectivity index (χ2v) is 8.04. The smallest absolute Gasteiger partial charge is 0.340 e. The van der Waals surface area contributed by atoms with Crippen LogP contribution in [0.2, 0.25) is 0 Å². The normalized spacial score (nSPS) is 25.8. The van der Waals surface area contributed by atoms with Crippen LogP contribution in [0.4, 0.5) is 10.1 Å². The molecule has 4 atom stereocenters. The molecule has 2 amide bonds. The van der Waals surface area contributed by atoms with Crippen molar-refractivity contribution in [2.75, 3.05) is 11.5 Å². The summed E-state index contributed by atoms with van der Waals surface area (Å²) in [6.07, 6.45) is 4.82. The third-order valence-electron chi connectivity index (χ3n) is 6.34. The minimum absolute atomic E-state index is 0.0383. The summed E-state index contributed by atoms with van der Waals surface area (Å²) >= 11 is 0. The SMILES string of the molecule is O=C(COC(=O)c1ccccc1N1C(=O)[C@@H]2[C@@H](C1=O)[C@@H]1C=C[C@@H]2C1)c1ccc(F)cc1. The number of amides is 2. The zero-order valence-corrected chi connectivity index (χ0v) is 16.4. The number of benzene rings is 2. The Labute approximate surface area is 177 Å². The first kappa shape index (κ1) is 19.4. The van der Waals surface area contributed by atoms with Crippen molar-refractivity contribution in [1.29, 1.82) is 0 Å². The maximum absolute atomic E-state index is 13.1. The molecular weight excluding hydrogens is 401 g/mol. The van der Waals surface area contributed by atoms with E-state index in [1.54, 1.807) is 12.1 Å². The molecule has 1 heterocycles. The third-order valence-corrected chi connectivity index (χ3v) is 6.34. The van der Waals surface area contributed by atoms with Gasteiger partial charge in [-0.15, -0.1) is 0 Å². The van der Waals surface area contributed by atoms with Gasteiger partial charge in [0, 0.05) is 5.56 Å². The van der Waals surface area contributed by atoms with Gasteiger partial charge in [0.15, 0.2) is 12.4 Å². The van der Waals surface area contributed by atoms with Gasteiger partial charge >= 0.3 is 5.97 Å². The Hall–Kier alpha value is -3.61. The van der Waals surface area contributed by atoms with Crippen molar-refractivity contribution in [1.82, 2.24) is 0 Å². The number of ketones is 1. The molecule has 5 rings (SSSR count). The van der Waals surface area contributed by atoms with Crippen molar-refractivity contribution in [3.63, 3.8) is 0 Å². The van der Waals surface area contributed by atoms with Crippen LogP contribution in [0.1, 0.15) is 27.1 Å². The van der Waals surface area contributed by atoms with Crippen LogP contribution in [-0.2, 0) is 14.3 Å². The Morgan fingerprint density at radius 2 is 1.55 bits per heavy atom. The number of anilines is 1. The predicted octanol–water partition coefficient (Wildman–Crippen LogP) is 3.18. The summed E-state index contributed by atoms with van der Waals surface area (Å²) in [5, 5.41) is 0. The van der Waals surface area contributed by atoms with E-state index in [-0.39, 0.29) is 52.3 Å². The second-order valence-electron chi connectivity index (χ2n) is 8.04. The van der Waals surface area contributed by atoms with E-state index in [9.17, 15) is 23.6 Å². The van der Waals surface area contributed by atoms with Crippen molar-refractivity contribution in [3.05, 3.63) is 77.6 Å². The third kappa shape index (κ3) is 3.08. The summed E-state index contributed by atoms with van der Waals surface area (Å²) in [7, 11) is 0. The Bertz CT molecular complexity index is 1110. The largest absolute Gasteiger partial charge is 0.454 e. The average Bonchev–Trinajstić information content (AvgIpc) is 3.46. The summed E-state index contributed by atoms with van der Waals surface area (Å²) in [6.45, 7) is -0.542. The molecule has 31 heavy (non-hydrogen) atoms. The molecule has 0 spiro atoms. The highest BCUT2D eigenvalue weighted by Gasteiger charge is 2.59. The zero-order valence-electron chi connectivity index (χ0n) is 16.4. The fourth-order valence-electron chi connectivity index (χ4n) is 4.91. The lowest BCUT2D eigenvalue weighted by molar-refractivity contribution is -0.123. The molecule has 156 valence electrons. The number of nitrogens with zero attached hydrogens (tertiary/aromatic N) is 1. The molecule has 6 nitrogen and oxygen atoms in total. The molecule has 0 radical (unpaired) electrons. The molecule has 7 heteroatoms. The van der Waals surface area contributed by atoms with Crippen molar-refractivity contribution in [2.24, 2.45) is 23.7 Å². The quantitative estimate of drug-likeness (QED) is 0.322. The van der Waals surface area contributed by atoms with E-state index in [1.165, 1.54) is 24.3 Å². The van der Waals surface area contributed by atoms with E-state index in [4.69, 9.17) is 4.74 Å². The Morgan fingerprint density at radius 1 is 0.935 bits per heavy atom. The van der Waals surface area contributed by atoms with Crippen molar-refractivity contribution in [2.45, 2.75) is 6.42 Å². The molecule has 2 aromatic carbocycles. The van der Waals surface area contributed by atoms with E-state index in [2.05, 4.69) is 0 Å². The molecule has 0 N–H and O–H groups in total. The summed E-state index contributed by atoms with van der Waals surface area (Å²) < 4.78 is 18.2. The Morgan fingerprint density at radius 3 is 2.19 bits per heavy atom. The first-order valence-corrected chi connectivity index (χ1v) is 10.1. The van der Waals surface area contributed by atoms with Crippen molar-refractivity contribution < 1.29 is 28.3 Å². The lowest BCUT2D eigenvalue weighted by atomic mass is 9.85. The number of Topliss-reactive ketones (excluding diaryl/α,β-unsaturated/α-hetero) is 1. The average molecular weight is 419 g/mol. The lowest BCUT2D eigenvalue weighted by Crippen LogP contribution is -2.34. The summed E-state index contributed by atoms with van der Waals surface area (Å²) in [4.78, 5) is 52.2. The van der Waals surface area contributed by atoms with Gasteiger partial charge in [-0.1, -0.05) is 24.3 Å². The highest BCUT2D eigenvalue weighted by atomic mass is 19.1. The van der Waals surface area contributed by atoms with Gasteiger partial charge in [0.25, 0.3) is 0 Å². The van der Waals surface area contributed by atoms with Gasteiger partial charge < -0.3 is 4.74 Å². The van der Waals surface area contributed by atoms with Crippen LogP contribution in [0.15, 0.2) is 60.7 Å². The van der Waals surface area contributed by atoms with Gasteiger partial charge in [-0.25, -0.2) is 14.1 Å². The van der Waals surface area contributed by atoms with Gasteiger partial charge in [0.2, 0.25) is 11.8 Å². The number of para-hydroxylation sites is 1. The van der Waals surface area contributed by atoms with E-state index in [0.717, 1.165) is 23.5 Å². The van der Waals surface area contributed by atoms with Crippen LogP contribution in [-0.4, -0.2) is 30.2 Å². The van der Waals surface area contributed by atoms with Crippen LogP contribution in [0.25, 0.3) is 0 Å². The number of imide groups is 1. The van der Waals surface area contributed by atoms with Gasteiger partial charge in [0.1, 0.15) is 5.82 Å². The molecule has 1 saturated carbocycles. The van der Waals surface area contributed by atoms with E-state index < -0.39 is 24.2 Å². The monoisotopic (exact) mass is 419 g/mol. The number of halogens is 1.